The van der Waals surface area contributed by atoms with E-state index in [1.165, 1.54) is 12.1 Å². The molecule has 1 aromatic carbocycles. The summed E-state index contributed by atoms with van der Waals surface area (Å²) < 4.78 is 10.7. The highest BCUT2D eigenvalue weighted by atomic mass is 16.6. The highest BCUT2D eigenvalue weighted by Gasteiger charge is 2.13. The first-order chi connectivity index (χ1) is 9.08. The summed E-state index contributed by atoms with van der Waals surface area (Å²) >= 11 is 0. The molecule has 0 saturated heterocycles. The zero-order valence-corrected chi connectivity index (χ0v) is 11.5. The molecule has 0 heterocycles. The molecule has 1 rings (SSSR count). The second-order valence-electron chi connectivity index (χ2n) is 4.21. The van der Waals surface area contributed by atoms with Crippen LogP contribution in [0.15, 0.2) is 18.2 Å². The van der Waals surface area contributed by atoms with Gasteiger partial charge in [0.2, 0.25) is 0 Å². The van der Waals surface area contributed by atoms with Gasteiger partial charge in [-0.25, -0.2) is 0 Å². The first-order valence-electron chi connectivity index (χ1n) is 6.22. The van der Waals surface area contributed by atoms with Gasteiger partial charge in [-0.15, -0.1) is 0 Å². The van der Waals surface area contributed by atoms with Gasteiger partial charge in [0.25, 0.3) is 5.69 Å². The molecular weight excluding hydrogens is 248 g/mol. The topological polar surface area (TPSA) is 73.6 Å². The van der Waals surface area contributed by atoms with Crippen LogP contribution in [0.5, 0.6) is 5.75 Å². The Balaban J connectivity index is 2.91. The number of hydrogen-bond acceptors (Lipinski definition) is 5. The summed E-state index contributed by atoms with van der Waals surface area (Å²) in [6.45, 7) is 5.66. The van der Waals surface area contributed by atoms with E-state index in [1.54, 1.807) is 13.2 Å². The number of nitro groups is 1. The fourth-order valence-corrected chi connectivity index (χ4v) is 1.68. The van der Waals surface area contributed by atoms with Crippen molar-refractivity contribution in [3.63, 3.8) is 0 Å². The van der Waals surface area contributed by atoms with Crippen LogP contribution in [0.25, 0.3) is 0 Å². The molecule has 0 spiro atoms. The van der Waals surface area contributed by atoms with Crippen LogP contribution < -0.4 is 10.1 Å². The van der Waals surface area contributed by atoms with E-state index in [4.69, 9.17) is 9.47 Å². The third-order valence-electron chi connectivity index (χ3n) is 2.55. The van der Waals surface area contributed by atoms with Crippen molar-refractivity contribution >= 4 is 5.69 Å². The number of nitro benzene ring substituents is 1. The number of benzene rings is 1. The van der Waals surface area contributed by atoms with Crippen molar-refractivity contribution in [2.45, 2.75) is 26.5 Å². The van der Waals surface area contributed by atoms with E-state index in [1.807, 2.05) is 13.8 Å². The predicted octanol–water partition coefficient (Wildman–Crippen LogP) is 2.12. The van der Waals surface area contributed by atoms with Gasteiger partial charge in [-0.1, -0.05) is 6.92 Å². The van der Waals surface area contributed by atoms with Crippen molar-refractivity contribution in [2.24, 2.45) is 0 Å². The van der Waals surface area contributed by atoms with E-state index in [0.29, 0.717) is 18.9 Å². The molecule has 1 N–H and O–H groups in total. The van der Waals surface area contributed by atoms with Crippen LogP contribution >= 0.6 is 0 Å². The van der Waals surface area contributed by atoms with E-state index >= 15 is 0 Å². The molecule has 0 bridgehead atoms. The minimum Gasteiger partial charge on any atom is -0.488 e. The van der Waals surface area contributed by atoms with Crippen LogP contribution in [0.1, 0.15) is 19.4 Å². The lowest BCUT2D eigenvalue weighted by Gasteiger charge is -2.17. The molecule has 0 fully saturated rings. The molecule has 1 unspecified atom stereocenters. The Morgan fingerprint density at radius 3 is 2.79 bits per heavy atom. The number of non-ortho nitro benzene ring substituents is 1. The summed E-state index contributed by atoms with van der Waals surface area (Å²) in [5.41, 5.74) is 0.846. The summed E-state index contributed by atoms with van der Waals surface area (Å²) in [5, 5.41) is 13.9. The average molecular weight is 268 g/mol. The molecule has 0 radical (unpaired) electrons. The zero-order chi connectivity index (χ0) is 14.3. The maximum absolute atomic E-state index is 10.8. The lowest BCUT2D eigenvalue weighted by molar-refractivity contribution is -0.384. The number of nitrogens with one attached hydrogen (secondary N) is 1. The first-order valence-corrected chi connectivity index (χ1v) is 6.22. The van der Waals surface area contributed by atoms with Gasteiger partial charge in [0.15, 0.2) is 0 Å². The summed E-state index contributed by atoms with van der Waals surface area (Å²) in [6.07, 6.45) is -0.105. The van der Waals surface area contributed by atoms with E-state index in [0.717, 1.165) is 12.1 Å². The van der Waals surface area contributed by atoms with Crippen molar-refractivity contribution in [1.29, 1.82) is 0 Å². The number of rotatable bonds is 8. The number of methoxy groups -OCH3 is 1. The standard InChI is InChI=1S/C13H20N2O4/c1-4-14-8-11-7-12(15(16)17)5-6-13(11)19-10(2)9-18-3/h5-7,10,14H,4,8-9H2,1-3H3. The van der Waals surface area contributed by atoms with Crippen LogP contribution in [0, 0.1) is 10.1 Å². The summed E-state index contributed by atoms with van der Waals surface area (Å²) in [4.78, 5) is 10.4. The molecule has 106 valence electrons. The molecule has 0 aliphatic heterocycles. The molecule has 0 saturated carbocycles. The second kappa shape index (κ2) is 7.70. The Labute approximate surface area is 112 Å². The van der Waals surface area contributed by atoms with Crippen LogP contribution in [-0.2, 0) is 11.3 Å². The van der Waals surface area contributed by atoms with Gasteiger partial charge in [-0.05, 0) is 19.5 Å². The van der Waals surface area contributed by atoms with Gasteiger partial charge in [0.05, 0.1) is 11.5 Å². The SMILES string of the molecule is CCNCc1cc([N+](=O)[O-])ccc1OC(C)COC. The third-order valence-corrected chi connectivity index (χ3v) is 2.55. The predicted molar refractivity (Wildman–Crippen MR) is 72.4 cm³/mol. The summed E-state index contributed by atoms with van der Waals surface area (Å²) in [7, 11) is 1.61. The lowest BCUT2D eigenvalue weighted by Crippen LogP contribution is -2.20. The minimum absolute atomic E-state index is 0.0691. The number of nitrogens with zero attached hydrogens (tertiary/aromatic N) is 1. The van der Waals surface area contributed by atoms with Gasteiger partial charge < -0.3 is 14.8 Å². The minimum atomic E-state index is -0.405. The largest absolute Gasteiger partial charge is 0.488 e. The van der Waals surface area contributed by atoms with Crippen molar-refractivity contribution < 1.29 is 14.4 Å². The smallest absolute Gasteiger partial charge is 0.270 e. The van der Waals surface area contributed by atoms with E-state index in [2.05, 4.69) is 5.32 Å². The Kier molecular flexibility index (Phi) is 6.24. The Morgan fingerprint density at radius 2 is 2.21 bits per heavy atom. The van der Waals surface area contributed by atoms with Crippen molar-refractivity contribution in [1.82, 2.24) is 5.32 Å². The Bertz CT molecular complexity index is 423. The van der Waals surface area contributed by atoms with Gasteiger partial charge in [0, 0.05) is 31.4 Å². The highest BCUT2D eigenvalue weighted by Crippen LogP contribution is 2.25. The molecule has 0 amide bonds. The highest BCUT2D eigenvalue weighted by molar-refractivity contribution is 5.43. The monoisotopic (exact) mass is 268 g/mol. The van der Waals surface area contributed by atoms with Crippen LogP contribution in [0.4, 0.5) is 5.69 Å². The fraction of sp³-hybridized carbons (Fsp3) is 0.538. The van der Waals surface area contributed by atoms with Crippen molar-refractivity contribution in [2.75, 3.05) is 20.3 Å². The zero-order valence-electron chi connectivity index (χ0n) is 11.5. The quantitative estimate of drug-likeness (QED) is 0.577. The van der Waals surface area contributed by atoms with E-state index in [-0.39, 0.29) is 11.8 Å². The van der Waals surface area contributed by atoms with Gasteiger partial charge >= 0.3 is 0 Å². The fourth-order valence-electron chi connectivity index (χ4n) is 1.68. The molecular formula is C13H20N2O4. The third kappa shape index (κ3) is 4.84. The average Bonchev–Trinajstić information content (AvgIpc) is 2.37. The maximum atomic E-state index is 10.8. The molecule has 0 aliphatic carbocycles. The maximum Gasteiger partial charge on any atom is 0.270 e. The van der Waals surface area contributed by atoms with E-state index in [9.17, 15) is 10.1 Å². The number of ether oxygens (including phenoxy) is 2. The Hall–Kier alpha value is -1.66. The first kappa shape index (κ1) is 15.4. The summed E-state index contributed by atoms with van der Waals surface area (Å²) in [6, 6.07) is 4.62. The van der Waals surface area contributed by atoms with Crippen LogP contribution in [0.2, 0.25) is 0 Å². The lowest BCUT2D eigenvalue weighted by atomic mass is 10.1. The molecule has 0 aliphatic rings. The second-order valence-corrected chi connectivity index (χ2v) is 4.21. The Morgan fingerprint density at radius 1 is 1.47 bits per heavy atom. The molecule has 6 heteroatoms. The normalized spacial score (nSPS) is 12.2. The molecule has 0 aromatic heterocycles. The molecule has 1 aromatic rings. The molecule has 19 heavy (non-hydrogen) atoms. The summed E-state index contributed by atoms with van der Waals surface area (Å²) in [5.74, 6) is 0.649. The van der Waals surface area contributed by atoms with Gasteiger partial charge in [-0.2, -0.15) is 0 Å². The molecule has 6 nitrogen and oxygen atoms in total. The van der Waals surface area contributed by atoms with Gasteiger partial charge in [-0.3, -0.25) is 10.1 Å². The van der Waals surface area contributed by atoms with E-state index < -0.39 is 4.92 Å². The number of hydrogen-bond donors (Lipinski definition) is 1. The van der Waals surface area contributed by atoms with Crippen LogP contribution in [0.3, 0.4) is 0 Å². The van der Waals surface area contributed by atoms with Gasteiger partial charge in [0.1, 0.15) is 11.9 Å². The van der Waals surface area contributed by atoms with Crippen molar-refractivity contribution in [3.8, 4) is 5.75 Å². The molecule has 1 atom stereocenters. The van der Waals surface area contributed by atoms with Crippen LogP contribution in [-0.4, -0.2) is 31.3 Å². The van der Waals surface area contributed by atoms with Crippen molar-refractivity contribution in [3.05, 3.63) is 33.9 Å².